The van der Waals surface area contributed by atoms with Crippen LogP contribution in [0.25, 0.3) is 0 Å². The summed E-state index contributed by atoms with van der Waals surface area (Å²) in [4.78, 5) is 24.2. The summed E-state index contributed by atoms with van der Waals surface area (Å²) in [6.07, 6.45) is 0. The average Bonchev–Trinajstić information content (AvgIpc) is 2.36. The molecule has 22 heavy (non-hydrogen) atoms. The number of rotatable bonds is 3. The van der Waals surface area contributed by atoms with Gasteiger partial charge in [0.25, 0.3) is 0 Å². The lowest BCUT2D eigenvalue weighted by Crippen LogP contribution is -2.45. The molecule has 118 valence electrons. The van der Waals surface area contributed by atoms with Crippen LogP contribution in [-0.2, 0) is 9.53 Å². The number of ether oxygens (including phenoxy) is 1. The zero-order valence-electron chi connectivity index (χ0n) is 13.7. The SMILES string of the molecule is CCOC(=O)C1=C(C)NC(=O)NC1c1c(C)cc(C)cc1C. The Morgan fingerprint density at radius 2 is 1.77 bits per heavy atom. The van der Waals surface area contributed by atoms with E-state index in [1.807, 2.05) is 20.8 Å². The van der Waals surface area contributed by atoms with Crippen LogP contribution in [0.15, 0.2) is 23.4 Å². The Morgan fingerprint density at radius 1 is 1.18 bits per heavy atom. The van der Waals surface area contributed by atoms with Crippen LogP contribution in [0.3, 0.4) is 0 Å². The van der Waals surface area contributed by atoms with Gasteiger partial charge in [0.1, 0.15) is 0 Å². The number of nitrogens with one attached hydrogen (secondary N) is 2. The molecule has 0 fully saturated rings. The van der Waals surface area contributed by atoms with Gasteiger partial charge in [0.2, 0.25) is 0 Å². The first-order valence-corrected chi connectivity index (χ1v) is 7.38. The van der Waals surface area contributed by atoms with Crippen LogP contribution >= 0.6 is 0 Å². The summed E-state index contributed by atoms with van der Waals surface area (Å²) in [5, 5.41) is 5.49. The fraction of sp³-hybridized carbons (Fsp3) is 0.412. The lowest BCUT2D eigenvalue weighted by molar-refractivity contribution is -0.139. The van der Waals surface area contributed by atoms with Crippen LogP contribution in [0.4, 0.5) is 4.79 Å². The average molecular weight is 302 g/mol. The van der Waals surface area contributed by atoms with Gasteiger partial charge < -0.3 is 15.4 Å². The van der Waals surface area contributed by atoms with Gasteiger partial charge >= 0.3 is 12.0 Å². The van der Waals surface area contributed by atoms with Gasteiger partial charge in [-0.3, -0.25) is 0 Å². The molecule has 2 N–H and O–H groups in total. The molecule has 1 aliphatic heterocycles. The number of amides is 2. The maximum absolute atomic E-state index is 12.3. The van der Waals surface area contributed by atoms with Gasteiger partial charge in [-0.15, -0.1) is 0 Å². The van der Waals surface area contributed by atoms with Gasteiger partial charge in [0.15, 0.2) is 0 Å². The standard InChI is InChI=1S/C17H22N2O3/c1-6-22-16(20)14-12(5)18-17(21)19-15(14)13-10(3)7-9(2)8-11(13)4/h7-8,15H,6H2,1-5H3,(H2,18,19,21). The fourth-order valence-corrected chi connectivity index (χ4v) is 3.04. The molecule has 1 unspecified atom stereocenters. The van der Waals surface area contributed by atoms with Crippen molar-refractivity contribution < 1.29 is 14.3 Å². The maximum atomic E-state index is 12.3. The molecule has 0 saturated carbocycles. The second-order valence-electron chi connectivity index (χ2n) is 5.60. The number of carbonyl (C=O) groups is 2. The third-order valence-electron chi connectivity index (χ3n) is 3.79. The Morgan fingerprint density at radius 3 is 2.32 bits per heavy atom. The maximum Gasteiger partial charge on any atom is 0.338 e. The summed E-state index contributed by atoms with van der Waals surface area (Å²) in [5.74, 6) is -0.406. The van der Waals surface area contributed by atoms with E-state index in [1.54, 1.807) is 13.8 Å². The van der Waals surface area contributed by atoms with E-state index in [4.69, 9.17) is 4.74 Å². The second kappa shape index (κ2) is 6.22. The Kier molecular flexibility index (Phi) is 4.54. The molecule has 1 atom stereocenters. The molecule has 0 radical (unpaired) electrons. The summed E-state index contributed by atoms with van der Waals surface area (Å²) in [6, 6.07) is 3.30. The minimum atomic E-state index is -0.492. The molecule has 0 aromatic heterocycles. The number of esters is 1. The second-order valence-corrected chi connectivity index (χ2v) is 5.60. The Balaban J connectivity index is 2.58. The molecule has 0 aliphatic carbocycles. The molecule has 0 saturated heterocycles. The third kappa shape index (κ3) is 2.98. The van der Waals surface area contributed by atoms with Crippen molar-refractivity contribution in [3.63, 3.8) is 0 Å². The number of aryl methyl sites for hydroxylation is 3. The van der Waals surface area contributed by atoms with Crippen molar-refractivity contribution in [2.75, 3.05) is 6.61 Å². The van der Waals surface area contributed by atoms with E-state index in [2.05, 4.69) is 22.8 Å². The van der Waals surface area contributed by atoms with Crippen molar-refractivity contribution in [1.29, 1.82) is 0 Å². The summed E-state index contributed by atoms with van der Waals surface area (Å²) < 4.78 is 5.15. The molecule has 0 bridgehead atoms. The fourth-order valence-electron chi connectivity index (χ4n) is 3.04. The Hall–Kier alpha value is -2.30. The summed E-state index contributed by atoms with van der Waals surface area (Å²) >= 11 is 0. The number of urea groups is 1. The van der Waals surface area contributed by atoms with Gasteiger partial charge in [-0.05, 0) is 51.3 Å². The van der Waals surface area contributed by atoms with Crippen LogP contribution in [0, 0.1) is 20.8 Å². The molecule has 2 amide bonds. The van der Waals surface area contributed by atoms with E-state index in [1.165, 1.54) is 0 Å². The highest BCUT2D eigenvalue weighted by atomic mass is 16.5. The highest BCUT2D eigenvalue weighted by Gasteiger charge is 2.33. The number of hydrogen-bond donors (Lipinski definition) is 2. The minimum absolute atomic E-state index is 0.294. The van der Waals surface area contributed by atoms with Crippen molar-refractivity contribution in [2.24, 2.45) is 0 Å². The van der Waals surface area contributed by atoms with Crippen molar-refractivity contribution in [1.82, 2.24) is 10.6 Å². The number of benzene rings is 1. The van der Waals surface area contributed by atoms with Gasteiger partial charge in [0.05, 0.1) is 18.2 Å². The van der Waals surface area contributed by atoms with Gasteiger partial charge in [0, 0.05) is 5.70 Å². The molecule has 1 aromatic rings. The molecule has 1 aromatic carbocycles. The predicted octanol–water partition coefficient (Wildman–Crippen LogP) is 2.80. The summed E-state index contributed by atoms with van der Waals surface area (Å²) in [6.45, 7) is 9.78. The van der Waals surface area contributed by atoms with Crippen LogP contribution in [0.5, 0.6) is 0 Å². The Labute approximate surface area is 130 Å². The molecule has 2 rings (SSSR count). The minimum Gasteiger partial charge on any atom is -0.463 e. The van der Waals surface area contributed by atoms with E-state index in [-0.39, 0.29) is 6.03 Å². The zero-order chi connectivity index (χ0) is 16.4. The monoisotopic (exact) mass is 302 g/mol. The van der Waals surface area contributed by atoms with E-state index in [0.717, 1.165) is 22.3 Å². The van der Waals surface area contributed by atoms with Crippen molar-refractivity contribution in [3.05, 3.63) is 45.7 Å². The Bertz CT molecular complexity index is 639. The lowest BCUT2D eigenvalue weighted by atomic mass is 9.88. The molecular formula is C17H22N2O3. The molecule has 0 spiro atoms. The van der Waals surface area contributed by atoms with Crippen LogP contribution < -0.4 is 10.6 Å². The third-order valence-corrected chi connectivity index (χ3v) is 3.79. The number of allylic oxidation sites excluding steroid dienone is 1. The van der Waals surface area contributed by atoms with E-state index in [0.29, 0.717) is 17.9 Å². The summed E-state index contributed by atoms with van der Waals surface area (Å²) in [7, 11) is 0. The first-order valence-electron chi connectivity index (χ1n) is 7.38. The predicted molar refractivity (Wildman–Crippen MR) is 84.4 cm³/mol. The molecular weight excluding hydrogens is 280 g/mol. The largest absolute Gasteiger partial charge is 0.463 e. The molecule has 1 aliphatic rings. The van der Waals surface area contributed by atoms with Crippen molar-refractivity contribution in [2.45, 2.75) is 40.7 Å². The van der Waals surface area contributed by atoms with Crippen LogP contribution in [-0.4, -0.2) is 18.6 Å². The molecule has 1 heterocycles. The van der Waals surface area contributed by atoms with Crippen molar-refractivity contribution in [3.8, 4) is 0 Å². The van der Waals surface area contributed by atoms with Gasteiger partial charge in [-0.1, -0.05) is 17.7 Å². The van der Waals surface area contributed by atoms with Crippen LogP contribution in [0.2, 0.25) is 0 Å². The summed E-state index contributed by atoms with van der Waals surface area (Å²) in [5.41, 5.74) is 5.17. The first kappa shape index (κ1) is 16.1. The van der Waals surface area contributed by atoms with E-state index in [9.17, 15) is 9.59 Å². The van der Waals surface area contributed by atoms with Gasteiger partial charge in [-0.2, -0.15) is 0 Å². The van der Waals surface area contributed by atoms with E-state index < -0.39 is 12.0 Å². The number of carbonyl (C=O) groups excluding carboxylic acids is 2. The number of hydrogen-bond acceptors (Lipinski definition) is 3. The van der Waals surface area contributed by atoms with Crippen LogP contribution in [0.1, 0.15) is 42.1 Å². The quantitative estimate of drug-likeness (QED) is 0.844. The first-order chi connectivity index (χ1) is 10.3. The molecule has 5 nitrogen and oxygen atoms in total. The normalized spacial score (nSPS) is 17.9. The highest BCUT2D eigenvalue weighted by molar-refractivity contribution is 5.95. The van der Waals surface area contributed by atoms with Crippen molar-refractivity contribution >= 4 is 12.0 Å². The van der Waals surface area contributed by atoms with Gasteiger partial charge in [-0.25, -0.2) is 9.59 Å². The highest BCUT2D eigenvalue weighted by Crippen LogP contribution is 2.32. The topological polar surface area (TPSA) is 67.4 Å². The van der Waals surface area contributed by atoms with E-state index >= 15 is 0 Å². The smallest absolute Gasteiger partial charge is 0.338 e. The lowest BCUT2D eigenvalue weighted by Gasteiger charge is -2.30. The zero-order valence-corrected chi connectivity index (χ0v) is 13.7. The molecule has 5 heteroatoms.